The molecule has 7 heteroatoms. The van der Waals surface area contributed by atoms with Crippen molar-refractivity contribution in [3.8, 4) is 0 Å². The molecule has 1 fully saturated rings. The number of hydrogen-bond acceptors (Lipinski definition) is 5. The molecule has 1 amide bonds. The Morgan fingerprint density at radius 3 is 2.76 bits per heavy atom. The van der Waals surface area contributed by atoms with E-state index in [1.807, 2.05) is 6.92 Å². The number of hydrogen-bond donors (Lipinski definition) is 2. The van der Waals surface area contributed by atoms with Crippen molar-refractivity contribution in [2.24, 2.45) is 11.3 Å². The van der Waals surface area contributed by atoms with Gasteiger partial charge in [0.15, 0.2) is 0 Å². The zero-order valence-electron chi connectivity index (χ0n) is 12.5. The lowest BCUT2D eigenvalue weighted by molar-refractivity contribution is -0.385. The third-order valence-corrected chi connectivity index (χ3v) is 3.91. The van der Waals surface area contributed by atoms with Crippen LogP contribution in [0.2, 0.25) is 0 Å². The topological polar surface area (TPSA) is 97.2 Å². The maximum Gasteiger partial charge on any atom is 0.300 e. The Kier molecular flexibility index (Phi) is 4.11. The standard InChI is InChI=1S/C14H20N4O3/c1-4-15-12-5-10(11(8-16-12)18(20)21)13(19)17-7-9-6-14(9,2)3/h5,8-9H,4,6-7H2,1-3H3,(H,15,16)(H,17,19). The molecule has 21 heavy (non-hydrogen) atoms. The number of carbonyl (C=O) groups is 1. The highest BCUT2D eigenvalue weighted by Gasteiger charge is 2.45. The fourth-order valence-corrected chi connectivity index (χ4v) is 2.29. The Bertz CT molecular complexity index is 571. The van der Waals surface area contributed by atoms with E-state index in [0.29, 0.717) is 24.8 Å². The molecule has 114 valence electrons. The monoisotopic (exact) mass is 292 g/mol. The molecule has 0 radical (unpaired) electrons. The molecule has 2 rings (SSSR count). The minimum Gasteiger partial charge on any atom is -0.370 e. The van der Waals surface area contributed by atoms with Crippen LogP contribution in [0.4, 0.5) is 11.5 Å². The van der Waals surface area contributed by atoms with Gasteiger partial charge in [0.25, 0.3) is 11.6 Å². The Balaban J connectivity index is 2.13. The van der Waals surface area contributed by atoms with Gasteiger partial charge in [-0.05, 0) is 24.7 Å². The van der Waals surface area contributed by atoms with Crippen molar-refractivity contribution in [3.63, 3.8) is 0 Å². The predicted octanol–water partition coefficient (Wildman–Crippen LogP) is 2.20. The van der Waals surface area contributed by atoms with Gasteiger partial charge in [-0.1, -0.05) is 13.8 Å². The molecular formula is C14H20N4O3. The van der Waals surface area contributed by atoms with Gasteiger partial charge in [-0.15, -0.1) is 0 Å². The largest absolute Gasteiger partial charge is 0.370 e. The van der Waals surface area contributed by atoms with Crippen LogP contribution in [0, 0.1) is 21.4 Å². The lowest BCUT2D eigenvalue weighted by Crippen LogP contribution is -2.27. The van der Waals surface area contributed by atoms with Crippen molar-refractivity contribution in [2.75, 3.05) is 18.4 Å². The third kappa shape index (κ3) is 3.48. The van der Waals surface area contributed by atoms with E-state index in [2.05, 4.69) is 29.5 Å². The first-order valence-electron chi connectivity index (χ1n) is 7.01. The molecule has 1 heterocycles. The molecule has 1 aromatic rings. The molecule has 1 saturated carbocycles. The van der Waals surface area contributed by atoms with Crippen LogP contribution in [0.5, 0.6) is 0 Å². The van der Waals surface area contributed by atoms with E-state index in [1.54, 1.807) is 0 Å². The van der Waals surface area contributed by atoms with Crippen LogP contribution in [0.1, 0.15) is 37.6 Å². The summed E-state index contributed by atoms with van der Waals surface area (Å²) in [6.45, 7) is 7.34. The quantitative estimate of drug-likeness (QED) is 0.618. The average molecular weight is 292 g/mol. The van der Waals surface area contributed by atoms with E-state index in [9.17, 15) is 14.9 Å². The lowest BCUT2D eigenvalue weighted by atomic mass is 10.1. The summed E-state index contributed by atoms with van der Waals surface area (Å²) in [6, 6.07) is 1.43. The molecule has 1 aliphatic rings. The number of nitrogens with one attached hydrogen (secondary N) is 2. The van der Waals surface area contributed by atoms with Gasteiger partial charge in [-0.3, -0.25) is 14.9 Å². The van der Waals surface area contributed by atoms with Crippen molar-refractivity contribution in [2.45, 2.75) is 27.2 Å². The van der Waals surface area contributed by atoms with Crippen molar-refractivity contribution in [3.05, 3.63) is 27.9 Å². The summed E-state index contributed by atoms with van der Waals surface area (Å²) in [7, 11) is 0. The maximum atomic E-state index is 12.2. The summed E-state index contributed by atoms with van der Waals surface area (Å²) in [4.78, 5) is 26.6. The van der Waals surface area contributed by atoms with Crippen LogP contribution in [0.15, 0.2) is 12.3 Å². The van der Waals surface area contributed by atoms with E-state index in [4.69, 9.17) is 0 Å². The molecule has 0 bridgehead atoms. The van der Waals surface area contributed by atoms with Crippen molar-refractivity contribution >= 4 is 17.4 Å². The van der Waals surface area contributed by atoms with Gasteiger partial charge in [0.1, 0.15) is 17.6 Å². The minimum atomic E-state index is -0.585. The minimum absolute atomic E-state index is 0.0457. The number of pyridine rings is 1. The summed E-state index contributed by atoms with van der Waals surface area (Å²) in [5.41, 5.74) is 0.0282. The number of amides is 1. The van der Waals surface area contributed by atoms with Crippen molar-refractivity contribution in [1.82, 2.24) is 10.3 Å². The Morgan fingerprint density at radius 2 is 2.24 bits per heavy atom. The summed E-state index contributed by atoms with van der Waals surface area (Å²) < 4.78 is 0. The first kappa shape index (κ1) is 15.2. The Hall–Kier alpha value is -2.18. The molecular weight excluding hydrogens is 272 g/mol. The Labute approximate surface area is 123 Å². The summed E-state index contributed by atoms with van der Waals surface area (Å²) in [5.74, 6) is 0.474. The molecule has 0 aliphatic heterocycles. The first-order valence-corrected chi connectivity index (χ1v) is 7.01. The number of aromatic nitrogens is 1. The van der Waals surface area contributed by atoms with Crippen molar-refractivity contribution in [1.29, 1.82) is 0 Å². The van der Waals surface area contributed by atoms with Gasteiger partial charge in [0, 0.05) is 19.2 Å². The zero-order chi connectivity index (χ0) is 15.6. The third-order valence-electron chi connectivity index (χ3n) is 3.91. The predicted molar refractivity (Wildman–Crippen MR) is 79.3 cm³/mol. The smallest absolute Gasteiger partial charge is 0.300 e. The molecule has 0 spiro atoms. The Morgan fingerprint density at radius 1 is 1.57 bits per heavy atom. The van der Waals surface area contributed by atoms with Gasteiger partial charge in [0.2, 0.25) is 0 Å². The summed E-state index contributed by atoms with van der Waals surface area (Å²) >= 11 is 0. The van der Waals surface area contributed by atoms with Crippen molar-refractivity contribution < 1.29 is 9.72 Å². The van der Waals surface area contributed by atoms with Crippen LogP contribution >= 0.6 is 0 Å². The maximum absolute atomic E-state index is 12.2. The van der Waals surface area contributed by atoms with Crippen LogP contribution < -0.4 is 10.6 Å². The summed E-state index contributed by atoms with van der Waals surface area (Å²) in [6.07, 6.45) is 2.18. The van der Waals surface area contributed by atoms with E-state index in [-0.39, 0.29) is 16.7 Å². The van der Waals surface area contributed by atoms with E-state index < -0.39 is 10.8 Å². The molecule has 7 nitrogen and oxygen atoms in total. The average Bonchev–Trinajstić information content (AvgIpc) is 3.03. The molecule has 1 aromatic heterocycles. The number of rotatable bonds is 6. The molecule has 1 atom stereocenters. The van der Waals surface area contributed by atoms with Crippen LogP contribution in [0.25, 0.3) is 0 Å². The molecule has 0 aromatic carbocycles. The lowest BCUT2D eigenvalue weighted by Gasteiger charge is -2.08. The van der Waals surface area contributed by atoms with Crippen LogP contribution in [-0.4, -0.2) is 28.9 Å². The molecule has 2 N–H and O–H groups in total. The summed E-state index contributed by atoms with van der Waals surface area (Å²) in [5, 5.41) is 16.7. The van der Waals surface area contributed by atoms with Gasteiger partial charge in [-0.2, -0.15) is 0 Å². The zero-order valence-corrected chi connectivity index (χ0v) is 12.5. The molecule has 1 aliphatic carbocycles. The fraction of sp³-hybridized carbons (Fsp3) is 0.571. The highest BCUT2D eigenvalue weighted by molar-refractivity contribution is 5.98. The second kappa shape index (κ2) is 5.67. The number of anilines is 1. The molecule has 0 saturated heterocycles. The number of nitrogens with zero attached hydrogens (tertiary/aromatic N) is 2. The second-order valence-electron chi connectivity index (χ2n) is 5.97. The fourth-order valence-electron chi connectivity index (χ4n) is 2.29. The van der Waals surface area contributed by atoms with Gasteiger partial charge >= 0.3 is 0 Å². The van der Waals surface area contributed by atoms with Gasteiger partial charge < -0.3 is 10.6 Å². The van der Waals surface area contributed by atoms with Crippen LogP contribution in [-0.2, 0) is 0 Å². The normalized spacial score (nSPS) is 18.9. The highest BCUT2D eigenvalue weighted by atomic mass is 16.6. The van der Waals surface area contributed by atoms with Crippen LogP contribution in [0.3, 0.4) is 0 Å². The first-order chi connectivity index (χ1) is 9.85. The van der Waals surface area contributed by atoms with E-state index >= 15 is 0 Å². The highest BCUT2D eigenvalue weighted by Crippen LogP contribution is 2.51. The number of carbonyl (C=O) groups excluding carboxylic acids is 1. The van der Waals surface area contributed by atoms with Gasteiger partial charge in [0.05, 0.1) is 4.92 Å². The second-order valence-corrected chi connectivity index (χ2v) is 5.97. The van der Waals surface area contributed by atoms with E-state index in [0.717, 1.165) is 12.6 Å². The number of nitro groups is 1. The van der Waals surface area contributed by atoms with Gasteiger partial charge in [-0.25, -0.2) is 4.98 Å². The molecule has 1 unspecified atom stereocenters. The SMILES string of the molecule is CCNc1cc(C(=O)NCC2CC2(C)C)c([N+](=O)[O-])cn1. The van der Waals surface area contributed by atoms with E-state index in [1.165, 1.54) is 6.07 Å².